The van der Waals surface area contributed by atoms with Crippen molar-refractivity contribution in [1.82, 2.24) is 4.98 Å². The molecule has 25 heavy (non-hydrogen) atoms. The van der Waals surface area contributed by atoms with Crippen molar-refractivity contribution in [3.8, 4) is 0 Å². The fourth-order valence-electron chi connectivity index (χ4n) is 2.14. The van der Waals surface area contributed by atoms with E-state index in [4.69, 9.17) is 16.3 Å². The first-order chi connectivity index (χ1) is 11.6. The summed E-state index contributed by atoms with van der Waals surface area (Å²) < 4.78 is 70.5. The van der Waals surface area contributed by atoms with Crippen LogP contribution in [0, 0.1) is 6.92 Å². The van der Waals surface area contributed by atoms with Crippen LogP contribution in [-0.2, 0) is 27.5 Å². The van der Waals surface area contributed by atoms with Gasteiger partial charge < -0.3 is 4.74 Å². The fourth-order valence-corrected chi connectivity index (χ4v) is 3.49. The van der Waals surface area contributed by atoms with Crippen LogP contribution < -0.4 is 4.72 Å². The third-order valence-corrected chi connectivity index (χ3v) is 4.97. The number of pyridine rings is 1. The van der Waals surface area contributed by atoms with E-state index in [1.54, 1.807) is 6.07 Å². The van der Waals surface area contributed by atoms with Gasteiger partial charge in [0.25, 0.3) is 10.0 Å². The van der Waals surface area contributed by atoms with Crippen LogP contribution in [0.1, 0.15) is 16.8 Å². The predicted molar refractivity (Wildman–Crippen MR) is 86.9 cm³/mol. The molecule has 0 spiro atoms. The summed E-state index contributed by atoms with van der Waals surface area (Å²) in [5.41, 5.74) is -0.841. The van der Waals surface area contributed by atoms with Gasteiger partial charge in [0, 0.05) is 23.9 Å². The minimum atomic E-state index is -4.65. The highest BCUT2D eigenvalue weighted by atomic mass is 35.5. The molecule has 136 valence electrons. The van der Waals surface area contributed by atoms with Crippen molar-refractivity contribution in [3.05, 3.63) is 52.3 Å². The number of methoxy groups -OCH3 is 1. The predicted octanol–water partition coefficient (Wildman–Crippen LogP) is 4.01. The second-order valence-electron chi connectivity index (χ2n) is 5.14. The summed E-state index contributed by atoms with van der Waals surface area (Å²) >= 11 is 6.03. The highest BCUT2D eigenvalue weighted by molar-refractivity contribution is 7.92. The lowest BCUT2D eigenvalue weighted by molar-refractivity contribution is -0.141. The number of hydrogen-bond donors (Lipinski definition) is 1. The summed E-state index contributed by atoms with van der Waals surface area (Å²) in [6.45, 7) is 1.20. The van der Waals surface area contributed by atoms with E-state index in [-0.39, 0.29) is 22.8 Å². The van der Waals surface area contributed by atoms with Gasteiger partial charge in [-0.3, -0.25) is 9.71 Å². The highest BCUT2D eigenvalue weighted by Gasteiger charge is 2.35. The SMILES string of the molecule is COCc1c(Cl)cccc1NS(=O)(=O)c1cnc(C(F)(F)F)c(C)c1. The number of ether oxygens (including phenoxy) is 1. The monoisotopic (exact) mass is 394 g/mol. The zero-order valence-electron chi connectivity index (χ0n) is 13.2. The number of benzene rings is 1. The third-order valence-electron chi connectivity index (χ3n) is 3.28. The molecule has 0 atom stereocenters. The van der Waals surface area contributed by atoms with Crippen LogP contribution in [0.4, 0.5) is 18.9 Å². The molecular formula is C15H14ClF3N2O3S. The van der Waals surface area contributed by atoms with E-state index in [1.807, 2.05) is 0 Å². The van der Waals surface area contributed by atoms with Crippen molar-refractivity contribution in [2.24, 2.45) is 0 Å². The van der Waals surface area contributed by atoms with E-state index < -0.39 is 21.9 Å². The van der Waals surface area contributed by atoms with Crippen molar-refractivity contribution in [1.29, 1.82) is 0 Å². The minimum absolute atomic E-state index is 0.0574. The molecule has 0 amide bonds. The van der Waals surface area contributed by atoms with Crippen molar-refractivity contribution in [2.45, 2.75) is 24.6 Å². The van der Waals surface area contributed by atoms with Crippen LogP contribution >= 0.6 is 11.6 Å². The smallest absolute Gasteiger partial charge is 0.380 e. The van der Waals surface area contributed by atoms with Crippen LogP contribution in [0.3, 0.4) is 0 Å². The maximum absolute atomic E-state index is 12.7. The number of nitrogens with zero attached hydrogens (tertiary/aromatic N) is 1. The molecule has 1 heterocycles. The van der Waals surface area contributed by atoms with Crippen LogP contribution in [0.2, 0.25) is 5.02 Å². The number of hydrogen-bond acceptors (Lipinski definition) is 4. The first kappa shape index (κ1) is 19.5. The van der Waals surface area contributed by atoms with Gasteiger partial charge in [0.1, 0.15) is 10.6 Å². The molecule has 0 saturated heterocycles. The van der Waals surface area contributed by atoms with Gasteiger partial charge in [-0.25, -0.2) is 8.42 Å². The number of aromatic nitrogens is 1. The summed E-state index contributed by atoms with van der Waals surface area (Å²) in [7, 11) is -2.73. The van der Waals surface area contributed by atoms with Crippen molar-refractivity contribution < 1.29 is 26.3 Å². The number of aryl methyl sites for hydroxylation is 1. The Balaban J connectivity index is 2.41. The first-order valence-corrected chi connectivity index (χ1v) is 8.75. The third kappa shape index (κ3) is 4.42. The molecule has 5 nitrogen and oxygen atoms in total. The maximum Gasteiger partial charge on any atom is 0.433 e. The molecule has 0 radical (unpaired) electrons. The Morgan fingerprint density at radius 2 is 2.00 bits per heavy atom. The standard InChI is InChI=1S/C15H14ClF3N2O3S/c1-9-6-10(7-20-14(9)15(17,18)19)25(22,23)21-13-5-3-4-12(16)11(13)8-24-2/h3-7,21H,8H2,1-2H3. The van der Waals surface area contributed by atoms with Crippen molar-refractivity contribution in [2.75, 3.05) is 11.8 Å². The molecule has 10 heteroatoms. The van der Waals surface area contributed by atoms with Crippen LogP contribution in [0.15, 0.2) is 35.4 Å². The summed E-state index contributed by atoms with van der Waals surface area (Å²) in [6, 6.07) is 5.49. The lowest BCUT2D eigenvalue weighted by atomic mass is 10.2. The topological polar surface area (TPSA) is 68.3 Å². The van der Waals surface area contributed by atoms with E-state index in [1.165, 1.54) is 19.2 Å². The molecule has 2 aromatic rings. The van der Waals surface area contributed by atoms with E-state index in [0.29, 0.717) is 16.8 Å². The van der Waals surface area contributed by atoms with Gasteiger partial charge in [-0.05, 0) is 30.7 Å². The molecule has 0 fully saturated rings. The van der Waals surface area contributed by atoms with E-state index in [0.717, 1.165) is 13.0 Å². The largest absolute Gasteiger partial charge is 0.433 e. The van der Waals surface area contributed by atoms with Crippen molar-refractivity contribution >= 4 is 27.3 Å². The molecule has 1 N–H and O–H groups in total. The molecule has 0 aliphatic rings. The van der Waals surface area contributed by atoms with Gasteiger partial charge in [-0.15, -0.1) is 0 Å². The Morgan fingerprint density at radius 1 is 1.32 bits per heavy atom. The molecule has 0 saturated carbocycles. The Bertz CT molecular complexity index is 886. The molecule has 1 aromatic heterocycles. The van der Waals surface area contributed by atoms with Crippen LogP contribution in [0.25, 0.3) is 0 Å². The maximum atomic E-state index is 12.7. The lowest BCUT2D eigenvalue weighted by Crippen LogP contribution is -2.17. The molecule has 1 aromatic carbocycles. The Labute approximate surface area is 147 Å². The second kappa shape index (κ2) is 7.19. The average molecular weight is 395 g/mol. The van der Waals surface area contributed by atoms with Crippen LogP contribution in [0.5, 0.6) is 0 Å². The van der Waals surface area contributed by atoms with Gasteiger partial charge in [0.2, 0.25) is 0 Å². The zero-order chi connectivity index (χ0) is 18.8. The molecule has 0 unspecified atom stereocenters. The Morgan fingerprint density at radius 3 is 2.56 bits per heavy atom. The van der Waals surface area contributed by atoms with E-state index in [9.17, 15) is 21.6 Å². The number of halogens is 4. The summed E-state index contributed by atoms with van der Waals surface area (Å²) in [5, 5.41) is 0.295. The summed E-state index contributed by atoms with van der Waals surface area (Å²) in [4.78, 5) is 2.85. The van der Waals surface area contributed by atoms with Crippen LogP contribution in [-0.4, -0.2) is 20.5 Å². The zero-order valence-corrected chi connectivity index (χ0v) is 14.8. The molecule has 0 bridgehead atoms. The summed E-state index contributed by atoms with van der Waals surface area (Å²) in [6.07, 6.45) is -3.99. The van der Waals surface area contributed by atoms with E-state index >= 15 is 0 Å². The fraction of sp³-hybridized carbons (Fsp3) is 0.267. The van der Waals surface area contributed by atoms with Gasteiger partial charge in [0.15, 0.2) is 0 Å². The van der Waals surface area contributed by atoms with E-state index in [2.05, 4.69) is 9.71 Å². The second-order valence-corrected chi connectivity index (χ2v) is 7.23. The van der Waals surface area contributed by atoms with Gasteiger partial charge in [0.05, 0.1) is 12.3 Å². The molecule has 0 aliphatic heterocycles. The van der Waals surface area contributed by atoms with Gasteiger partial charge in [-0.2, -0.15) is 13.2 Å². The first-order valence-electron chi connectivity index (χ1n) is 6.89. The van der Waals surface area contributed by atoms with Gasteiger partial charge >= 0.3 is 6.18 Å². The van der Waals surface area contributed by atoms with Gasteiger partial charge in [-0.1, -0.05) is 17.7 Å². The number of rotatable bonds is 5. The Hall–Kier alpha value is -1.84. The summed E-state index contributed by atoms with van der Waals surface area (Å²) in [5.74, 6) is 0. The number of anilines is 1. The lowest BCUT2D eigenvalue weighted by Gasteiger charge is -2.15. The molecule has 0 aliphatic carbocycles. The Kier molecular flexibility index (Phi) is 5.60. The number of sulfonamides is 1. The minimum Gasteiger partial charge on any atom is -0.380 e. The average Bonchev–Trinajstić information content (AvgIpc) is 2.49. The number of nitrogens with one attached hydrogen (secondary N) is 1. The molecular weight excluding hydrogens is 381 g/mol. The quantitative estimate of drug-likeness (QED) is 0.832. The highest BCUT2D eigenvalue weighted by Crippen LogP contribution is 2.32. The van der Waals surface area contributed by atoms with Crippen molar-refractivity contribution in [3.63, 3.8) is 0 Å². The normalized spacial score (nSPS) is 12.2. The molecule has 2 rings (SSSR count). The number of alkyl halides is 3.